The Hall–Kier alpha value is -0.240. The molecule has 2 N–H and O–H groups in total. The van der Waals surface area contributed by atoms with E-state index in [9.17, 15) is 0 Å². The number of hydrogen-bond acceptors (Lipinski definition) is 1. The van der Waals surface area contributed by atoms with Crippen LogP contribution < -0.4 is 5.73 Å². The van der Waals surface area contributed by atoms with Crippen molar-refractivity contribution < 1.29 is 0 Å². The number of rotatable bonds is 2. The molecule has 0 saturated carbocycles. The molecule has 0 unspecified atom stereocenters. The molecule has 3 heteroatoms. The fourth-order valence-electron chi connectivity index (χ4n) is 0.821. The first-order valence-corrected chi connectivity index (χ1v) is 4.18. The smallest absolute Gasteiger partial charge is 0.127 e. The van der Waals surface area contributed by atoms with Crippen LogP contribution in [0.25, 0.3) is 0 Å². The monoisotopic (exact) mass is 189 g/mol. The van der Waals surface area contributed by atoms with Gasteiger partial charge >= 0.3 is 0 Å². The Morgan fingerprint density at radius 2 is 1.64 bits per heavy atom. The van der Waals surface area contributed by atoms with Crippen molar-refractivity contribution in [1.29, 1.82) is 0 Å². The molecule has 1 nitrogen and oxygen atoms in total. The van der Waals surface area contributed by atoms with Gasteiger partial charge in [-0.25, -0.2) is 0 Å². The van der Waals surface area contributed by atoms with Crippen molar-refractivity contribution in [3.05, 3.63) is 35.9 Å². The van der Waals surface area contributed by atoms with Gasteiger partial charge in [-0.15, -0.1) is 23.2 Å². The number of halogens is 2. The topological polar surface area (TPSA) is 26.0 Å². The van der Waals surface area contributed by atoms with Crippen LogP contribution in [0.1, 0.15) is 11.6 Å². The molecule has 0 amide bonds. The highest BCUT2D eigenvalue weighted by Gasteiger charge is 2.12. The minimum Gasteiger partial charge on any atom is -0.322 e. The second-order valence-corrected chi connectivity index (χ2v) is 3.43. The average molecular weight is 190 g/mol. The Bertz CT molecular complexity index is 211. The fraction of sp³-hybridized carbons (Fsp3) is 0.250. The molecule has 11 heavy (non-hydrogen) atoms. The quantitative estimate of drug-likeness (QED) is 0.712. The molecule has 1 atom stereocenters. The Balaban J connectivity index is 2.77. The zero-order valence-electron chi connectivity index (χ0n) is 5.87. The highest BCUT2D eigenvalue weighted by atomic mass is 35.5. The van der Waals surface area contributed by atoms with E-state index in [1.807, 2.05) is 30.3 Å². The van der Waals surface area contributed by atoms with Gasteiger partial charge in [-0.1, -0.05) is 30.3 Å². The average Bonchev–Trinajstić information content (AvgIpc) is 2.05. The maximum Gasteiger partial charge on any atom is 0.127 e. The van der Waals surface area contributed by atoms with Gasteiger partial charge in [0, 0.05) is 0 Å². The van der Waals surface area contributed by atoms with Gasteiger partial charge in [-0.3, -0.25) is 0 Å². The number of nitrogens with two attached hydrogens (primary N) is 1. The number of hydrogen-bond donors (Lipinski definition) is 1. The Morgan fingerprint density at radius 1 is 1.09 bits per heavy atom. The van der Waals surface area contributed by atoms with Crippen LogP contribution in [0.5, 0.6) is 0 Å². The first-order chi connectivity index (χ1) is 5.22. The van der Waals surface area contributed by atoms with Crippen molar-refractivity contribution in [1.82, 2.24) is 0 Å². The summed E-state index contributed by atoms with van der Waals surface area (Å²) in [5.74, 6) is 0. The summed E-state index contributed by atoms with van der Waals surface area (Å²) in [7, 11) is 0. The van der Waals surface area contributed by atoms with Gasteiger partial charge in [0.2, 0.25) is 0 Å². The third-order valence-corrected chi connectivity index (χ3v) is 2.00. The third kappa shape index (κ3) is 2.37. The molecule has 0 bridgehead atoms. The summed E-state index contributed by atoms with van der Waals surface area (Å²) >= 11 is 11.2. The number of benzene rings is 1. The summed E-state index contributed by atoms with van der Waals surface area (Å²) < 4.78 is 0. The third-order valence-electron chi connectivity index (χ3n) is 1.46. The van der Waals surface area contributed by atoms with Gasteiger partial charge in [-0.2, -0.15) is 0 Å². The van der Waals surface area contributed by atoms with Crippen molar-refractivity contribution in [3.8, 4) is 0 Å². The molecule has 1 rings (SSSR count). The molecule has 0 radical (unpaired) electrons. The van der Waals surface area contributed by atoms with Crippen LogP contribution in [-0.2, 0) is 0 Å². The van der Waals surface area contributed by atoms with Crippen LogP contribution in [0, 0.1) is 0 Å². The van der Waals surface area contributed by atoms with Gasteiger partial charge in [0.15, 0.2) is 0 Å². The lowest BCUT2D eigenvalue weighted by Gasteiger charge is -2.11. The van der Waals surface area contributed by atoms with E-state index in [0.29, 0.717) is 0 Å². The van der Waals surface area contributed by atoms with Gasteiger partial charge in [0.1, 0.15) is 4.84 Å². The standard InChI is InChI=1S/C8H9Cl2N/c9-8(10)7(11)6-4-2-1-3-5-6/h1-5,7-8H,11H2/t7-/m0/s1. The summed E-state index contributed by atoms with van der Waals surface area (Å²) in [6.45, 7) is 0. The van der Waals surface area contributed by atoms with E-state index in [2.05, 4.69) is 0 Å². The highest BCUT2D eigenvalue weighted by Crippen LogP contribution is 2.20. The van der Waals surface area contributed by atoms with Crippen LogP contribution >= 0.6 is 23.2 Å². The lowest BCUT2D eigenvalue weighted by molar-refractivity contribution is 0.789. The normalized spacial score (nSPS) is 13.5. The van der Waals surface area contributed by atoms with Crippen molar-refractivity contribution in [2.75, 3.05) is 0 Å². The van der Waals surface area contributed by atoms with E-state index < -0.39 is 4.84 Å². The summed E-state index contributed by atoms with van der Waals surface area (Å²) in [6, 6.07) is 9.26. The van der Waals surface area contributed by atoms with Crippen LogP contribution in [0.15, 0.2) is 30.3 Å². The van der Waals surface area contributed by atoms with E-state index in [-0.39, 0.29) is 6.04 Å². The second kappa shape index (κ2) is 3.96. The fourth-order valence-corrected chi connectivity index (χ4v) is 1.11. The lowest BCUT2D eigenvalue weighted by atomic mass is 10.1. The first-order valence-electron chi connectivity index (χ1n) is 3.30. The minimum atomic E-state index is -0.544. The Labute approximate surface area is 76.1 Å². The van der Waals surface area contributed by atoms with Crippen molar-refractivity contribution in [2.24, 2.45) is 5.73 Å². The molecule has 0 aliphatic heterocycles. The number of alkyl halides is 2. The summed E-state index contributed by atoms with van der Waals surface area (Å²) in [4.78, 5) is -0.544. The molecule has 1 aromatic rings. The SMILES string of the molecule is N[C@@H](c1ccccc1)C(Cl)Cl. The highest BCUT2D eigenvalue weighted by molar-refractivity contribution is 6.44. The van der Waals surface area contributed by atoms with Crippen LogP contribution in [-0.4, -0.2) is 4.84 Å². The molecule has 0 spiro atoms. The van der Waals surface area contributed by atoms with Crippen LogP contribution in [0.4, 0.5) is 0 Å². The molecular formula is C8H9Cl2N. The second-order valence-electron chi connectivity index (χ2n) is 2.27. The molecule has 1 aromatic carbocycles. The van der Waals surface area contributed by atoms with Gasteiger partial charge in [0.25, 0.3) is 0 Å². The van der Waals surface area contributed by atoms with Crippen molar-refractivity contribution in [2.45, 2.75) is 10.9 Å². The maximum atomic E-state index is 5.67. The predicted octanol–water partition coefficient (Wildman–Crippen LogP) is 2.49. The maximum absolute atomic E-state index is 5.67. The molecule has 0 fully saturated rings. The molecule has 0 heterocycles. The van der Waals surface area contributed by atoms with Gasteiger partial charge < -0.3 is 5.73 Å². The van der Waals surface area contributed by atoms with Gasteiger partial charge in [0.05, 0.1) is 6.04 Å². The molecule has 0 aromatic heterocycles. The molecule has 0 aliphatic carbocycles. The van der Waals surface area contributed by atoms with Crippen molar-refractivity contribution >= 4 is 23.2 Å². The molecule has 0 aliphatic rings. The molecule has 0 saturated heterocycles. The van der Waals surface area contributed by atoms with E-state index in [0.717, 1.165) is 5.56 Å². The van der Waals surface area contributed by atoms with E-state index in [4.69, 9.17) is 28.9 Å². The van der Waals surface area contributed by atoms with E-state index >= 15 is 0 Å². The van der Waals surface area contributed by atoms with Crippen LogP contribution in [0.2, 0.25) is 0 Å². The zero-order chi connectivity index (χ0) is 8.27. The Morgan fingerprint density at radius 3 is 2.09 bits per heavy atom. The summed E-state index contributed by atoms with van der Waals surface area (Å²) in [5.41, 5.74) is 6.63. The van der Waals surface area contributed by atoms with E-state index in [1.54, 1.807) is 0 Å². The van der Waals surface area contributed by atoms with E-state index in [1.165, 1.54) is 0 Å². The first kappa shape index (κ1) is 8.85. The zero-order valence-corrected chi connectivity index (χ0v) is 7.39. The molecular weight excluding hydrogens is 181 g/mol. The minimum absolute atomic E-state index is 0.292. The summed E-state index contributed by atoms with van der Waals surface area (Å²) in [5, 5.41) is 0. The van der Waals surface area contributed by atoms with Crippen LogP contribution in [0.3, 0.4) is 0 Å². The van der Waals surface area contributed by atoms with Gasteiger partial charge in [-0.05, 0) is 5.56 Å². The Kier molecular flexibility index (Phi) is 3.18. The predicted molar refractivity (Wildman–Crippen MR) is 48.9 cm³/mol. The largest absolute Gasteiger partial charge is 0.322 e. The summed E-state index contributed by atoms with van der Waals surface area (Å²) in [6.07, 6.45) is 0. The van der Waals surface area contributed by atoms with Crippen molar-refractivity contribution in [3.63, 3.8) is 0 Å². The molecule has 60 valence electrons. The lowest BCUT2D eigenvalue weighted by Crippen LogP contribution is -2.16.